The molecule has 1 aliphatic heterocycles. The van der Waals surface area contributed by atoms with Gasteiger partial charge in [-0.3, -0.25) is 14.3 Å². The molecule has 0 spiro atoms. The fraction of sp³-hybridized carbons (Fsp3) is 0.706. The minimum atomic E-state index is -0.475. The Morgan fingerprint density at radius 1 is 1.40 bits per heavy atom. The Bertz CT molecular complexity index is 622. The molecule has 0 bridgehead atoms. The van der Waals surface area contributed by atoms with Crippen LogP contribution in [0.3, 0.4) is 0 Å². The zero-order valence-corrected chi connectivity index (χ0v) is 14.7. The summed E-state index contributed by atoms with van der Waals surface area (Å²) in [5.74, 6) is 0.170. The number of amides is 2. The molecule has 1 aromatic rings. The highest BCUT2D eigenvalue weighted by atomic mass is 16.5. The molecule has 1 saturated carbocycles. The lowest BCUT2D eigenvalue weighted by atomic mass is 9.74. The summed E-state index contributed by atoms with van der Waals surface area (Å²) in [6, 6.07) is 1.71. The molecular formula is C17H27N5O3. The van der Waals surface area contributed by atoms with Crippen LogP contribution < -0.4 is 11.1 Å². The molecule has 8 heteroatoms. The predicted octanol–water partition coefficient (Wildman–Crippen LogP) is 0.588. The van der Waals surface area contributed by atoms with Gasteiger partial charge < -0.3 is 20.7 Å². The Balaban J connectivity index is 1.56. The minimum Gasteiger partial charge on any atom is -0.378 e. The number of carbonyl (C=O) groups excluding carboxylic acids is 2. The maximum Gasteiger partial charge on any atom is 0.244 e. The molecule has 2 fully saturated rings. The summed E-state index contributed by atoms with van der Waals surface area (Å²) in [6.07, 6.45) is 5.45. The highest BCUT2D eigenvalue weighted by Gasteiger charge is 2.37. The number of morpholine rings is 1. The van der Waals surface area contributed by atoms with Gasteiger partial charge in [-0.2, -0.15) is 5.10 Å². The maximum absolute atomic E-state index is 12.5. The van der Waals surface area contributed by atoms with E-state index < -0.39 is 5.54 Å². The van der Waals surface area contributed by atoms with E-state index in [2.05, 4.69) is 10.4 Å². The first-order valence-corrected chi connectivity index (χ1v) is 8.94. The van der Waals surface area contributed by atoms with Gasteiger partial charge in [0.1, 0.15) is 6.54 Å². The summed E-state index contributed by atoms with van der Waals surface area (Å²) in [5, 5.41) is 7.14. The van der Waals surface area contributed by atoms with Gasteiger partial charge in [0.25, 0.3) is 0 Å². The van der Waals surface area contributed by atoms with Crippen LogP contribution in [0.15, 0.2) is 12.3 Å². The fourth-order valence-corrected chi connectivity index (χ4v) is 3.57. The van der Waals surface area contributed by atoms with Crippen LogP contribution in [0.25, 0.3) is 0 Å². The molecule has 2 atom stereocenters. The van der Waals surface area contributed by atoms with Crippen molar-refractivity contribution in [1.82, 2.24) is 14.7 Å². The van der Waals surface area contributed by atoms with Gasteiger partial charge in [0.05, 0.1) is 19.1 Å². The molecule has 3 N–H and O–H groups in total. The van der Waals surface area contributed by atoms with E-state index in [-0.39, 0.29) is 24.3 Å². The van der Waals surface area contributed by atoms with E-state index in [1.165, 1.54) is 0 Å². The van der Waals surface area contributed by atoms with E-state index in [0.29, 0.717) is 32.1 Å². The zero-order valence-electron chi connectivity index (χ0n) is 14.7. The SMILES string of the molecule is CC1(N)CCCCC1C(=O)Nc1ccn(CC(=O)N2CCOCC2)n1. The Hall–Kier alpha value is -1.93. The number of rotatable bonds is 4. The molecule has 3 rings (SSSR count). The van der Waals surface area contributed by atoms with E-state index in [4.69, 9.17) is 10.5 Å². The van der Waals surface area contributed by atoms with Gasteiger partial charge in [0.15, 0.2) is 5.82 Å². The Morgan fingerprint density at radius 3 is 2.88 bits per heavy atom. The molecule has 2 amide bonds. The molecule has 138 valence electrons. The van der Waals surface area contributed by atoms with Crippen LogP contribution in [0.5, 0.6) is 0 Å². The van der Waals surface area contributed by atoms with Gasteiger partial charge in [0.2, 0.25) is 11.8 Å². The highest BCUT2D eigenvalue weighted by Crippen LogP contribution is 2.32. The van der Waals surface area contributed by atoms with Crippen molar-refractivity contribution >= 4 is 17.6 Å². The van der Waals surface area contributed by atoms with Crippen LogP contribution >= 0.6 is 0 Å². The number of hydrogen-bond acceptors (Lipinski definition) is 5. The Morgan fingerprint density at radius 2 is 2.16 bits per heavy atom. The number of ether oxygens (including phenoxy) is 1. The van der Waals surface area contributed by atoms with E-state index in [1.54, 1.807) is 21.8 Å². The molecule has 8 nitrogen and oxygen atoms in total. The van der Waals surface area contributed by atoms with Crippen LogP contribution in [0.1, 0.15) is 32.6 Å². The molecule has 1 aromatic heterocycles. The van der Waals surface area contributed by atoms with Crippen molar-refractivity contribution in [3.05, 3.63) is 12.3 Å². The predicted molar refractivity (Wildman–Crippen MR) is 92.8 cm³/mol. The normalized spacial score (nSPS) is 27.1. The third kappa shape index (κ3) is 4.38. The fourth-order valence-electron chi connectivity index (χ4n) is 3.57. The van der Waals surface area contributed by atoms with Gasteiger partial charge in [-0.15, -0.1) is 0 Å². The number of hydrogen-bond donors (Lipinski definition) is 2. The first-order valence-electron chi connectivity index (χ1n) is 8.94. The average Bonchev–Trinajstić information content (AvgIpc) is 3.02. The first-order chi connectivity index (χ1) is 12.0. The lowest BCUT2D eigenvalue weighted by Crippen LogP contribution is -2.51. The summed E-state index contributed by atoms with van der Waals surface area (Å²) < 4.78 is 6.80. The maximum atomic E-state index is 12.5. The molecule has 25 heavy (non-hydrogen) atoms. The first kappa shape index (κ1) is 17.9. The molecule has 2 aliphatic rings. The number of aromatic nitrogens is 2. The Kier molecular flexibility index (Phi) is 5.39. The van der Waals surface area contributed by atoms with Crippen LogP contribution in [-0.2, 0) is 20.9 Å². The Labute approximate surface area is 147 Å². The van der Waals surface area contributed by atoms with Gasteiger partial charge in [0, 0.05) is 30.9 Å². The second kappa shape index (κ2) is 7.53. The lowest BCUT2D eigenvalue weighted by molar-refractivity contribution is -0.136. The summed E-state index contributed by atoms with van der Waals surface area (Å²) in [4.78, 5) is 26.5. The van der Waals surface area contributed by atoms with Crippen LogP contribution in [0.2, 0.25) is 0 Å². The van der Waals surface area contributed by atoms with E-state index in [0.717, 1.165) is 25.7 Å². The number of carbonyl (C=O) groups is 2. The van der Waals surface area contributed by atoms with Crippen molar-refractivity contribution in [1.29, 1.82) is 0 Å². The molecule has 2 unspecified atom stereocenters. The van der Waals surface area contributed by atoms with Crippen LogP contribution in [-0.4, -0.2) is 58.3 Å². The van der Waals surface area contributed by atoms with Gasteiger partial charge in [-0.25, -0.2) is 0 Å². The topological polar surface area (TPSA) is 102 Å². The molecule has 1 aliphatic carbocycles. The number of nitrogens with one attached hydrogen (secondary N) is 1. The van der Waals surface area contributed by atoms with Crippen molar-refractivity contribution < 1.29 is 14.3 Å². The van der Waals surface area contributed by atoms with Crippen molar-refractivity contribution in [2.75, 3.05) is 31.6 Å². The van der Waals surface area contributed by atoms with Crippen LogP contribution in [0, 0.1) is 5.92 Å². The van der Waals surface area contributed by atoms with Crippen molar-refractivity contribution in [2.24, 2.45) is 11.7 Å². The van der Waals surface area contributed by atoms with Gasteiger partial charge >= 0.3 is 0 Å². The van der Waals surface area contributed by atoms with Crippen LogP contribution in [0.4, 0.5) is 5.82 Å². The summed E-state index contributed by atoms with van der Waals surface area (Å²) in [6.45, 7) is 4.47. The molecule has 0 aromatic carbocycles. The second-order valence-electron chi connectivity index (χ2n) is 7.19. The smallest absolute Gasteiger partial charge is 0.244 e. The number of nitrogens with zero attached hydrogens (tertiary/aromatic N) is 3. The van der Waals surface area contributed by atoms with Gasteiger partial charge in [-0.1, -0.05) is 12.8 Å². The highest BCUT2D eigenvalue weighted by molar-refractivity contribution is 5.92. The monoisotopic (exact) mass is 349 g/mol. The lowest BCUT2D eigenvalue weighted by Gasteiger charge is -2.37. The third-order valence-electron chi connectivity index (χ3n) is 5.12. The van der Waals surface area contributed by atoms with E-state index in [1.807, 2.05) is 6.92 Å². The third-order valence-corrected chi connectivity index (χ3v) is 5.12. The number of anilines is 1. The quantitative estimate of drug-likeness (QED) is 0.828. The molecular weight excluding hydrogens is 322 g/mol. The van der Waals surface area contributed by atoms with Gasteiger partial charge in [-0.05, 0) is 19.8 Å². The summed E-state index contributed by atoms with van der Waals surface area (Å²) in [5.41, 5.74) is 5.81. The molecule has 0 radical (unpaired) electrons. The van der Waals surface area contributed by atoms with Crippen molar-refractivity contribution in [3.8, 4) is 0 Å². The molecule has 1 saturated heterocycles. The van der Waals surface area contributed by atoms with E-state index >= 15 is 0 Å². The zero-order chi connectivity index (χ0) is 17.9. The molecule has 2 heterocycles. The van der Waals surface area contributed by atoms with Crippen molar-refractivity contribution in [3.63, 3.8) is 0 Å². The second-order valence-corrected chi connectivity index (χ2v) is 7.19. The average molecular weight is 349 g/mol. The van der Waals surface area contributed by atoms with E-state index in [9.17, 15) is 9.59 Å². The van der Waals surface area contributed by atoms with Crippen molar-refractivity contribution in [2.45, 2.75) is 44.7 Å². The minimum absolute atomic E-state index is 0.00564. The number of nitrogens with two attached hydrogens (primary N) is 1. The summed E-state index contributed by atoms with van der Waals surface area (Å²) >= 11 is 0. The summed E-state index contributed by atoms with van der Waals surface area (Å²) in [7, 11) is 0. The standard InChI is InChI=1S/C17H27N5O3/c1-17(18)6-3-2-4-13(17)16(24)19-14-5-7-22(20-14)12-15(23)21-8-10-25-11-9-21/h5,7,13H,2-4,6,8-12,18H2,1H3,(H,19,20,24). The largest absolute Gasteiger partial charge is 0.378 e.